The highest BCUT2D eigenvalue weighted by Gasteiger charge is 2.25. The number of hydrogen-bond donors (Lipinski definition) is 1. The van der Waals surface area contributed by atoms with Crippen LogP contribution in [0.25, 0.3) is 0 Å². The van der Waals surface area contributed by atoms with Crippen LogP contribution < -0.4 is 0 Å². The number of aliphatic carboxylic acids is 1. The normalized spacial score (nSPS) is 21.5. The maximum Gasteiger partial charge on any atom is 0.317 e. The monoisotopic (exact) mass is 272 g/mol. The summed E-state index contributed by atoms with van der Waals surface area (Å²) in [5, 5.41) is 8.91. The van der Waals surface area contributed by atoms with Crippen LogP contribution in [0.5, 0.6) is 0 Å². The fourth-order valence-electron chi connectivity index (χ4n) is 2.12. The number of carbonyl (C=O) groups excluding carboxylic acids is 1. The van der Waals surface area contributed by atoms with E-state index >= 15 is 0 Å². The van der Waals surface area contributed by atoms with Crippen molar-refractivity contribution in [1.82, 2.24) is 9.80 Å². The molecule has 1 rings (SSSR count). The van der Waals surface area contributed by atoms with Crippen LogP contribution >= 0.6 is 0 Å². The molecule has 0 radical (unpaired) electrons. The number of rotatable bonds is 6. The Morgan fingerprint density at radius 2 is 2.16 bits per heavy atom. The van der Waals surface area contributed by atoms with E-state index in [0.717, 1.165) is 6.42 Å². The van der Waals surface area contributed by atoms with Gasteiger partial charge >= 0.3 is 5.97 Å². The predicted molar refractivity (Wildman–Crippen MR) is 71.0 cm³/mol. The third-order valence-electron chi connectivity index (χ3n) is 3.48. The minimum Gasteiger partial charge on any atom is -0.480 e. The fourth-order valence-corrected chi connectivity index (χ4v) is 2.12. The molecule has 6 heteroatoms. The molecule has 0 saturated carbocycles. The molecule has 0 spiro atoms. The summed E-state index contributed by atoms with van der Waals surface area (Å²) in [4.78, 5) is 26.5. The van der Waals surface area contributed by atoms with Crippen molar-refractivity contribution in [3.8, 4) is 0 Å². The smallest absolute Gasteiger partial charge is 0.317 e. The van der Waals surface area contributed by atoms with Crippen molar-refractivity contribution in [1.29, 1.82) is 0 Å². The topological polar surface area (TPSA) is 70.1 Å². The second-order valence-corrected chi connectivity index (χ2v) is 5.08. The molecule has 1 heterocycles. The fraction of sp³-hybridized carbons (Fsp3) is 0.846. The van der Waals surface area contributed by atoms with E-state index in [9.17, 15) is 9.59 Å². The van der Waals surface area contributed by atoms with Crippen LogP contribution in [-0.2, 0) is 14.3 Å². The lowest BCUT2D eigenvalue weighted by atomic mass is 10.2. The van der Waals surface area contributed by atoms with Gasteiger partial charge in [-0.05, 0) is 20.3 Å². The SMILES string of the molecule is CC[C@H](C)N(CC(=O)O)CC(=O)N1CCO[C@H](C)C1. The molecule has 19 heavy (non-hydrogen) atoms. The molecule has 6 nitrogen and oxygen atoms in total. The molecular formula is C13H24N2O4. The van der Waals surface area contributed by atoms with E-state index in [1.54, 1.807) is 9.80 Å². The van der Waals surface area contributed by atoms with E-state index in [-0.39, 0.29) is 31.1 Å². The zero-order chi connectivity index (χ0) is 14.4. The molecule has 1 aliphatic heterocycles. The first-order chi connectivity index (χ1) is 8.93. The van der Waals surface area contributed by atoms with E-state index in [1.807, 2.05) is 20.8 Å². The lowest BCUT2D eigenvalue weighted by molar-refractivity contribution is -0.143. The molecule has 1 aliphatic rings. The number of carboxylic acid groups (broad SMARTS) is 1. The first-order valence-electron chi connectivity index (χ1n) is 6.79. The summed E-state index contributed by atoms with van der Waals surface area (Å²) in [6, 6.07) is 0.0820. The van der Waals surface area contributed by atoms with Gasteiger partial charge in [-0.1, -0.05) is 6.92 Å². The summed E-state index contributed by atoms with van der Waals surface area (Å²) in [5.41, 5.74) is 0. The number of carbonyl (C=O) groups is 2. The van der Waals surface area contributed by atoms with E-state index in [2.05, 4.69) is 0 Å². The van der Waals surface area contributed by atoms with Gasteiger partial charge in [0, 0.05) is 19.1 Å². The summed E-state index contributed by atoms with van der Waals surface area (Å²) in [5.74, 6) is -0.917. The highest BCUT2D eigenvalue weighted by atomic mass is 16.5. The number of carboxylic acids is 1. The maximum atomic E-state index is 12.2. The van der Waals surface area contributed by atoms with Crippen LogP contribution in [-0.4, -0.2) is 71.7 Å². The molecule has 2 atom stereocenters. The lowest BCUT2D eigenvalue weighted by Crippen LogP contribution is -2.50. The van der Waals surface area contributed by atoms with Gasteiger partial charge < -0.3 is 14.7 Å². The maximum absolute atomic E-state index is 12.2. The first kappa shape index (κ1) is 15.9. The minimum atomic E-state index is -0.900. The second kappa shape index (κ2) is 7.45. The molecule has 0 aliphatic carbocycles. The van der Waals surface area contributed by atoms with E-state index < -0.39 is 5.97 Å². The van der Waals surface area contributed by atoms with E-state index in [0.29, 0.717) is 19.7 Å². The quantitative estimate of drug-likeness (QED) is 0.759. The zero-order valence-electron chi connectivity index (χ0n) is 12.0. The van der Waals surface area contributed by atoms with E-state index in [4.69, 9.17) is 9.84 Å². The van der Waals surface area contributed by atoms with Crippen LogP contribution in [0.2, 0.25) is 0 Å². The number of amides is 1. The van der Waals surface area contributed by atoms with Crippen molar-refractivity contribution in [3.63, 3.8) is 0 Å². The Kier molecular flexibility index (Phi) is 6.24. The summed E-state index contributed by atoms with van der Waals surface area (Å²) >= 11 is 0. The Bertz CT molecular complexity index is 322. The molecule has 0 bridgehead atoms. The summed E-state index contributed by atoms with van der Waals surface area (Å²) < 4.78 is 5.39. The Labute approximate surface area is 114 Å². The average Bonchev–Trinajstić information content (AvgIpc) is 2.36. The molecule has 0 aromatic rings. The van der Waals surface area contributed by atoms with E-state index in [1.165, 1.54) is 0 Å². The number of morpholine rings is 1. The zero-order valence-corrected chi connectivity index (χ0v) is 12.0. The van der Waals surface area contributed by atoms with Crippen molar-refractivity contribution >= 4 is 11.9 Å². The number of ether oxygens (including phenoxy) is 1. The molecule has 0 unspecified atom stereocenters. The average molecular weight is 272 g/mol. The number of hydrogen-bond acceptors (Lipinski definition) is 4. The van der Waals surface area contributed by atoms with Crippen LogP contribution in [0, 0.1) is 0 Å². The highest BCUT2D eigenvalue weighted by Crippen LogP contribution is 2.08. The van der Waals surface area contributed by atoms with Gasteiger partial charge in [0.1, 0.15) is 0 Å². The second-order valence-electron chi connectivity index (χ2n) is 5.08. The van der Waals surface area contributed by atoms with Gasteiger partial charge in [-0.2, -0.15) is 0 Å². The van der Waals surface area contributed by atoms with Gasteiger partial charge in [-0.3, -0.25) is 14.5 Å². The van der Waals surface area contributed by atoms with Crippen LogP contribution in [0.3, 0.4) is 0 Å². The van der Waals surface area contributed by atoms with Gasteiger partial charge in [-0.25, -0.2) is 0 Å². The van der Waals surface area contributed by atoms with Crippen molar-refractivity contribution < 1.29 is 19.4 Å². The third kappa shape index (κ3) is 5.16. The van der Waals surface area contributed by atoms with Gasteiger partial charge in [0.05, 0.1) is 25.8 Å². The lowest BCUT2D eigenvalue weighted by Gasteiger charge is -2.34. The largest absolute Gasteiger partial charge is 0.480 e. The molecule has 1 saturated heterocycles. The standard InChI is InChI=1S/C13H24N2O4/c1-4-10(2)15(9-13(17)18)8-12(16)14-5-6-19-11(3)7-14/h10-11H,4-9H2,1-3H3,(H,17,18)/t10-,11+/m0/s1. The van der Waals surface area contributed by atoms with Crippen molar-refractivity contribution in [2.45, 2.75) is 39.3 Å². The Morgan fingerprint density at radius 3 is 2.68 bits per heavy atom. The Balaban J connectivity index is 2.56. The van der Waals surface area contributed by atoms with Gasteiger partial charge in [0.15, 0.2) is 0 Å². The summed E-state index contributed by atoms with van der Waals surface area (Å²) in [6.45, 7) is 7.65. The van der Waals surface area contributed by atoms with Crippen LogP contribution in [0.15, 0.2) is 0 Å². The van der Waals surface area contributed by atoms with Crippen molar-refractivity contribution in [2.24, 2.45) is 0 Å². The molecule has 1 fully saturated rings. The van der Waals surface area contributed by atoms with Crippen molar-refractivity contribution in [2.75, 3.05) is 32.8 Å². The molecule has 0 aromatic carbocycles. The van der Waals surface area contributed by atoms with Gasteiger partial charge in [-0.15, -0.1) is 0 Å². The summed E-state index contributed by atoms with van der Waals surface area (Å²) in [7, 11) is 0. The Morgan fingerprint density at radius 1 is 1.47 bits per heavy atom. The first-order valence-corrected chi connectivity index (χ1v) is 6.79. The number of nitrogens with zero attached hydrogens (tertiary/aromatic N) is 2. The molecule has 110 valence electrons. The van der Waals surface area contributed by atoms with Crippen LogP contribution in [0.1, 0.15) is 27.2 Å². The summed E-state index contributed by atoms with van der Waals surface area (Å²) in [6.07, 6.45) is 0.870. The van der Waals surface area contributed by atoms with Gasteiger partial charge in [0.25, 0.3) is 0 Å². The predicted octanol–water partition coefficient (Wildman–Crippen LogP) is 0.419. The molecular weight excluding hydrogens is 248 g/mol. The Hall–Kier alpha value is -1.14. The van der Waals surface area contributed by atoms with Gasteiger partial charge in [0.2, 0.25) is 5.91 Å². The molecule has 1 amide bonds. The molecule has 0 aromatic heterocycles. The molecule has 1 N–H and O–H groups in total. The van der Waals surface area contributed by atoms with Crippen LogP contribution in [0.4, 0.5) is 0 Å². The third-order valence-corrected chi connectivity index (χ3v) is 3.48. The van der Waals surface area contributed by atoms with Crippen molar-refractivity contribution in [3.05, 3.63) is 0 Å². The minimum absolute atomic E-state index is 0.0169. The highest BCUT2D eigenvalue weighted by molar-refractivity contribution is 5.79.